The maximum absolute atomic E-state index is 11.7. The second kappa shape index (κ2) is 6.57. The van der Waals surface area contributed by atoms with E-state index in [1.807, 2.05) is 54.6 Å². The molecule has 0 radical (unpaired) electrons. The average Bonchev–Trinajstić information content (AvgIpc) is 2.47. The number of ether oxygens (including phenoxy) is 1. The summed E-state index contributed by atoms with van der Waals surface area (Å²) in [6, 6.07) is 17.2. The third-order valence-electron chi connectivity index (χ3n) is 2.86. The van der Waals surface area contributed by atoms with Gasteiger partial charge in [0.25, 0.3) is 0 Å². The van der Waals surface area contributed by atoms with Crippen LogP contribution in [0.25, 0.3) is 5.57 Å². The molecule has 20 heavy (non-hydrogen) atoms. The number of carbonyl (C=O) groups is 1. The lowest BCUT2D eigenvalue weighted by molar-refractivity contribution is -0.137. The molecule has 3 heteroatoms. The molecule has 102 valence electrons. The van der Waals surface area contributed by atoms with Gasteiger partial charge in [-0.15, -0.1) is 0 Å². The number of anilines is 1. The molecule has 0 heterocycles. The van der Waals surface area contributed by atoms with E-state index in [0.29, 0.717) is 12.3 Å². The number of carbonyl (C=O) groups excluding carboxylic acids is 1. The summed E-state index contributed by atoms with van der Waals surface area (Å²) < 4.78 is 5.00. The highest BCUT2D eigenvalue weighted by molar-refractivity contribution is 5.96. The summed E-state index contributed by atoms with van der Waals surface area (Å²) in [5.74, 6) is -0.344. The van der Waals surface area contributed by atoms with Crippen LogP contribution in [-0.4, -0.2) is 12.6 Å². The first-order valence-electron chi connectivity index (χ1n) is 6.50. The highest BCUT2D eigenvalue weighted by Crippen LogP contribution is 2.24. The lowest BCUT2D eigenvalue weighted by atomic mass is 9.97. The summed E-state index contributed by atoms with van der Waals surface area (Å²) in [4.78, 5) is 11.7. The van der Waals surface area contributed by atoms with Crippen molar-refractivity contribution in [3.05, 3.63) is 71.8 Å². The first-order valence-corrected chi connectivity index (χ1v) is 6.50. The Labute approximate surface area is 118 Å². The molecule has 0 aromatic heterocycles. The molecule has 0 atom stereocenters. The molecule has 2 aromatic carbocycles. The molecule has 0 spiro atoms. The zero-order valence-electron chi connectivity index (χ0n) is 11.4. The van der Waals surface area contributed by atoms with E-state index in [1.54, 1.807) is 6.92 Å². The second-order valence-corrected chi connectivity index (χ2v) is 4.30. The molecule has 2 N–H and O–H groups in total. The largest absolute Gasteiger partial charge is 0.463 e. The smallest absolute Gasteiger partial charge is 0.331 e. The topological polar surface area (TPSA) is 52.3 Å². The van der Waals surface area contributed by atoms with Crippen molar-refractivity contribution in [2.45, 2.75) is 6.92 Å². The van der Waals surface area contributed by atoms with Crippen molar-refractivity contribution in [2.24, 2.45) is 0 Å². The third-order valence-corrected chi connectivity index (χ3v) is 2.86. The van der Waals surface area contributed by atoms with Gasteiger partial charge in [0, 0.05) is 11.8 Å². The minimum atomic E-state index is -0.344. The number of rotatable bonds is 4. The molecule has 0 aliphatic carbocycles. The van der Waals surface area contributed by atoms with E-state index in [0.717, 1.165) is 16.7 Å². The Bertz CT molecular complexity index is 601. The maximum atomic E-state index is 11.7. The molecule has 0 unspecified atom stereocenters. The molecule has 0 bridgehead atoms. The predicted molar refractivity (Wildman–Crippen MR) is 81.0 cm³/mol. The number of nitrogen functional groups attached to an aromatic ring is 1. The molecule has 0 aliphatic rings. The standard InChI is InChI=1S/C17H17NO2/c1-2-20-17(19)12-16(13-6-4-3-5-7-13)14-8-10-15(18)11-9-14/h3-12H,2,18H2,1H3. The van der Waals surface area contributed by atoms with Crippen molar-refractivity contribution in [1.29, 1.82) is 0 Å². The average molecular weight is 267 g/mol. The SMILES string of the molecule is CCOC(=O)C=C(c1ccccc1)c1ccc(N)cc1. The van der Waals surface area contributed by atoms with Crippen molar-refractivity contribution in [3.8, 4) is 0 Å². The van der Waals surface area contributed by atoms with Crippen LogP contribution >= 0.6 is 0 Å². The lowest BCUT2D eigenvalue weighted by Crippen LogP contribution is -2.02. The number of esters is 1. The first-order chi connectivity index (χ1) is 9.70. The van der Waals surface area contributed by atoms with Gasteiger partial charge >= 0.3 is 5.97 Å². The summed E-state index contributed by atoms with van der Waals surface area (Å²) >= 11 is 0. The Morgan fingerprint density at radius 3 is 2.25 bits per heavy atom. The number of nitrogens with two attached hydrogens (primary N) is 1. The molecular weight excluding hydrogens is 250 g/mol. The molecule has 2 aromatic rings. The van der Waals surface area contributed by atoms with E-state index in [-0.39, 0.29) is 5.97 Å². The van der Waals surface area contributed by atoms with Gasteiger partial charge in [-0.2, -0.15) is 0 Å². The van der Waals surface area contributed by atoms with E-state index in [2.05, 4.69) is 0 Å². The summed E-state index contributed by atoms with van der Waals surface area (Å²) in [5, 5.41) is 0. The Morgan fingerprint density at radius 1 is 1.05 bits per heavy atom. The highest BCUT2D eigenvalue weighted by atomic mass is 16.5. The van der Waals surface area contributed by atoms with Crippen molar-refractivity contribution in [2.75, 3.05) is 12.3 Å². The van der Waals surface area contributed by atoms with Crippen molar-refractivity contribution in [3.63, 3.8) is 0 Å². The summed E-state index contributed by atoms with van der Waals surface area (Å²) in [7, 11) is 0. The Hall–Kier alpha value is -2.55. The van der Waals surface area contributed by atoms with Crippen LogP contribution in [0.4, 0.5) is 5.69 Å². The number of hydrogen-bond acceptors (Lipinski definition) is 3. The summed E-state index contributed by atoms with van der Waals surface area (Å²) in [5.41, 5.74) is 9.11. The quantitative estimate of drug-likeness (QED) is 0.525. The highest BCUT2D eigenvalue weighted by Gasteiger charge is 2.08. The van der Waals surface area contributed by atoms with Gasteiger partial charge < -0.3 is 10.5 Å². The van der Waals surface area contributed by atoms with Crippen LogP contribution < -0.4 is 5.73 Å². The van der Waals surface area contributed by atoms with E-state index >= 15 is 0 Å². The normalized spacial score (nSPS) is 11.2. The molecule has 0 saturated heterocycles. The number of benzene rings is 2. The van der Waals surface area contributed by atoms with Crippen molar-refractivity contribution >= 4 is 17.2 Å². The van der Waals surface area contributed by atoms with Gasteiger partial charge in [0.1, 0.15) is 0 Å². The van der Waals surface area contributed by atoms with E-state index in [4.69, 9.17) is 10.5 Å². The minimum absolute atomic E-state index is 0.344. The fourth-order valence-electron chi connectivity index (χ4n) is 1.92. The number of hydrogen-bond donors (Lipinski definition) is 1. The molecule has 0 saturated carbocycles. The summed E-state index contributed by atoms with van der Waals surface area (Å²) in [6.45, 7) is 2.15. The lowest BCUT2D eigenvalue weighted by Gasteiger charge is -2.09. The van der Waals surface area contributed by atoms with Gasteiger partial charge in [-0.05, 0) is 35.8 Å². The van der Waals surface area contributed by atoms with Gasteiger partial charge in [-0.3, -0.25) is 0 Å². The second-order valence-electron chi connectivity index (χ2n) is 4.30. The van der Waals surface area contributed by atoms with Crippen molar-refractivity contribution < 1.29 is 9.53 Å². The first kappa shape index (κ1) is 13.9. The van der Waals surface area contributed by atoms with Gasteiger partial charge in [-0.25, -0.2) is 4.79 Å². The van der Waals surface area contributed by atoms with E-state index < -0.39 is 0 Å². The van der Waals surface area contributed by atoms with E-state index in [1.165, 1.54) is 6.08 Å². The van der Waals surface area contributed by atoms with Gasteiger partial charge in [-0.1, -0.05) is 42.5 Å². The molecule has 0 fully saturated rings. The van der Waals surface area contributed by atoms with Crippen LogP contribution in [0.2, 0.25) is 0 Å². The zero-order valence-corrected chi connectivity index (χ0v) is 11.4. The third kappa shape index (κ3) is 3.48. The van der Waals surface area contributed by atoms with Crippen LogP contribution in [0.5, 0.6) is 0 Å². The molecule has 2 rings (SSSR count). The molecular formula is C17H17NO2. The fourth-order valence-corrected chi connectivity index (χ4v) is 1.92. The predicted octanol–water partition coefficient (Wildman–Crippen LogP) is 3.26. The maximum Gasteiger partial charge on any atom is 0.331 e. The van der Waals surface area contributed by atoms with Gasteiger partial charge in [0.2, 0.25) is 0 Å². The Morgan fingerprint density at radius 2 is 1.65 bits per heavy atom. The fraction of sp³-hybridized carbons (Fsp3) is 0.118. The summed E-state index contributed by atoms with van der Waals surface area (Å²) in [6.07, 6.45) is 1.52. The molecule has 0 amide bonds. The van der Waals surface area contributed by atoms with Gasteiger partial charge in [0.15, 0.2) is 0 Å². The van der Waals surface area contributed by atoms with Crippen LogP contribution in [-0.2, 0) is 9.53 Å². The van der Waals surface area contributed by atoms with Crippen LogP contribution in [0.1, 0.15) is 18.1 Å². The van der Waals surface area contributed by atoms with Crippen LogP contribution in [0.3, 0.4) is 0 Å². The Balaban J connectivity index is 2.44. The van der Waals surface area contributed by atoms with Crippen LogP contribution in [0, 0.1) is 0 Å². The van der Waals surface area contributed by atoms with Crippen molar-refractivity contribution in [1.82, 2.24) is 0 Å². The Kier molecular flexibility index (Phi) is 4.56. The van der Waals surface area contributed by atoms with Crippen LogP contribution in [0.15, 0.2) is 60.7 Å². The van der Waals surface area contributed by atoms with Gasteiger partial charge in [0.05, 0.1) is 6.61 Å². The van der Waals surface area contributed by atoms with E-state index in [9.17, 15) is 4.79 Å². The molecule has 0 aliphatic heterocycles. The molecule has 3 nitrogen and oxygen atoms in total. The minimum Gasteiger partial charge on any atom is -0.463 e. The monoisotopic (exact) mass is 267 g/mol. The zero-order chi connectivity index (χ0) is 14.4.